The maximum absolute atomic E-state index is 12.5. The zero-order chi connectivity index (χ0) is 17.6. The average Bonchev–Trinajstić information content (AvgIpc) is 2.54. The fourth-order valence-electron chi connectivity index (χ4n) is 2.81. The van der Waals surface area contributed by atoms with Gasteiger partial charge in [-0.2, -0.15) is 4.31 Å². The molecule has 1 aliphatic heterocycles. The molecule has 24 heavy (non-hydrogen) atoms. The van der Waals surface area contributed by atoms with Crippen LogP contribution < -0.4 is 5.73 Å². The molecule has 1 heterocycles. The molecule has 0 radical (unpaired) electrons. The highest BCUT2D eigenvalue weighted by Crippen LogP contribution is 2.23. The maximum Gasteiger partial charge on any atom is 0.214 e. The average molecular weight is 356 g/mol. The molecule has 136 valence electrons. The van der Waals surface area contributed by atoms with Crippen molar-refractivity contribution in [2.45, 2.75) is 38.6 Å². The van der Waals surface area contributed by atoms with Crippen LogP contribution >= 0.6 is 0 Å². The first kappa shape index (κ1) is 19.3. The summed E-state index contributed by atoms with van der Waals surface area (Å²) in [4.78, 5) is 0. The summed E-state index contributed by atoms with van der Waals surface area (Å²) in [5.74, 6) is 0.0785. The highest BCUT2D eigenvalue weighted by atomic mass is 32.2. The van der Waals surface area contributed by atoms with Crippen LogP contribution in [0.5, 0.6) is 0 Å². The molecule has 0 aliphatic carbocycles. The first-order valence-electron chi connectivity index (χ1n) is 8.30. The van der Waals surface area contributed by atoms with Crippen molar-refractivity contribution in [3.63, 3.8) is 0 Å². The highest BCUT2D eigenvalue weighted by molar-refractivity contribution is 7.89. The van der Waals surface area contributed by atoms with Gasteiger partial charge in [-0.25, -0.2) is 8.42 Å². The normalized spacial score (nSPS) is 21.7. The fourth-order valence-corrected chi connectivity index (χ4v) is 4.46. The van der Waals surface area contributed by atoms with Crippen LogP contribution in [-0.2, 0) is 26.1 Å². The van der Waals surface area contributed by atoms with Crippen molar-refractivity contribution in [1.29, 1.82) is 0 Å². The molecule has 1 atom stereocenters. The lowest BCUT2D eigenvalue weighted by atomic mass is 10.1. The predicted molar refractivity (Wildman–Crippen MR) is 94.1 cm³/mol. The van der Waals surface area contributed by atoms with E-state index in [1.54, 1.807) is 0 Å². The van der Waals surface area contributed by atoms with E-state index >= 15 is 0 Å². The molecular formula is C17H28N2O4S. The van der Waals surface area contributed by atoms with Crippen LogP contribution in [0.15, 0.2) is 30.3 Å². The SMILES string of the molecule is CC1(C)CN(S(=O)(=O)CCCOCc2ccccc2)CC(CN)O1. The van der Waals surface area contributed by atoms with Crippen LogP contribution in [0, 0.1) is 0 Å². The number of nitrogens with zero attached hydrogens (tertiary/aromatic N) is 1. The van der Waals surface area contributed by atoms with Crippen molar-refractivity contribution in [3.05, 3.63) is 35.9 Å². The van der Waals surface area contributed by atoms with Gasteiger partial charge in [0.25, 0.3) is 0 Å². The molecule has 1 saturated heterocycles. The molecule has 2 rings (SSSR count). The molecule has 0 spiro atoms. The van der Waals surface area contributed by atoms with E-state index in [2.05, 4.69) is 0 Å². The summed E-state index contributed by atoms with van der Waals surface area (Å²) < 4.78 is 37.9. The van der Waals surface area contributed by atoms with Crippen molar-refractivity contribution in [3.8, 4) is 0 Å². The van der Waals surface area contributed by atoms with Crippen molar-refractivity contribution in [1.82, 2.24) is 4.31 Å². The van der Waals surface area contributed by atoms with E-state index in [0.717, 1.165) is 5.56 Å². The zero-order valence-corrected chi connectivity index (χ0v) is 15.3. The number of rotatable bonds is 8. The Labute approximate surface area is 145 Å². The van der Waals surface area contributed by atoms with E-state index in [9.17, 15) is 8.42 Å². The molecule has 7 heteroatoms. The number of sulfonamides is 1. The molecule has 1 aromatic carbocycles. The molecule has 2 N–H and O–H groups in total. The van der Waals surface area contributed by atoms with Gasteiger partial charge in [-0.05, 0) is 25.8 Å². The lowest BCUT2D eigenvalue weighted by Gasteiger charge is -2.41. The Morgan fingerprint density at radius 1 is 1.33 bits per heavy atom. The monoisotopic (exact) mass is 356 g/mol. The van der Waals surface area contributed by atoms with Gasteiger partial charge in [0.05, 0.1) is 24.1 Å². The zero-order valence-electron chi connectivity index (χ0n) is 14.5. The van der Waals surface area contributed by atoms with Gasteiger partial charge in [-0.1, -0.05) is 30.3 Å². The lowest BCUT2D eigenvalue weighted by molar-refractivity contribution is -0.112. The second-order valence-corrected chi connectivity index (χ2v) is 8.82. The standard InChI is InChI=1S/C17H28N2O4S/c1-17(2)14-19(12-16(11-18)23-17)24(20,21)10-6-9-22-13-15-7-4-3-5-8-15/h3-5,7-8,16H,6,9-14,18H2,1-2H3. The van der Waals surface area contributed by atoms with Crippen LogP contribution in [0.1, 0.15) is 25.8 Å². The molecule has 0 aromatic heterocycles. The highest BCUT2D eigenvalue weighted by Gasteiger charge is 2.37. The largest absolute Gasteiger partial charge is 0.377 e. The van der Waals surface area contributed by atoms with Gasteiger partial charge >= 0.3 is 0 Å². The lowest BCUT2D eigenvalue weighted by Crippen LogP contribution is -2.56. The van der Waals surface area contributed by atoms with Crippen molar-refractivity contribution < 1.29 is 17.9 Å². The quantitative estimate of drug-likeness (QED) is 0.711. The number of morpholine rings is 1. The molecule has 0 bridgehead atoms. The Kier molecular flexibility index (Phi) is 6.77. The van der Waals surface area contributed by atoms with Gasteiger partial charge in [-0.15, -0.1) is 0 Å². The summed E-state index contributed by atoms with van der Waals surface area (Å²) in [6.07, 6.45) is 0.220. The smallest absolute Gasteiger partial charge is 0.214 e. The molecule has 1 aliphatic rings. The van der Waals surface area contributed by atoms with Gasteiger partial charge in [0, 0.05) is 26.2 Å². The molecular weight excluding hydrogens is 328 g/mol. The Morgan fingerprint density at radius 2 is 2.04 bits per heavy atom. The second-order valence-electron chi connectivity index (χ2n) is 6.74. The second kappa shape index (κ2) is 8.40. The fraction of sp³-hybridized carbons (Fsp3) is 0.647. The maximum atomic E-state index is 12.5. The summed E-state index contributed by atoms with van der Waals surface area (Å²) in [6.45, 7) is 5.70. The Morgan fingerprint density at radius 3 is 2.71 bits per heavy atom. The molecule has 0 saturated carbocycles. The van der Waals surface area contributed by atoms with E-state index in [0.29, 0.717) is 39.3 Å². The predicted octanol–water partition coefficient (Wildman–Crippen LogP) is 1.36. The van der Waals surface area contributed by atoms with E-state index in [1.165, 1.54) is 4.31 Å². The Bertz CT molecular complexity index is 604. The molecule has 0 amide bonds. The summed E-state index contributed by atoms with van der Waals surface area (Å²) >= 11 is 0. The van der Waals surface area contributed by atoms with Crippen LogP contribution in [0.25, 0.3) is 0 Å². The summed E-state index contributed by atoms with van der Waals surface area (Å²) in [6, 6.07) is 9.84. The van der Waals surface area contributed by atoms with Gasteiger partial charge in [0.1, 0.15) is 0 Å². The minimum atomic E-state index is -3.32. The van der Waals surface area contributed by atoms with Crippen LogP contribution in [0.4, 0.5) is 0 Å². The van der Waals surface area contributed by atoms with Crippen molar-refractivity contribution >= 4 is 10.0 Å². The van der Waals surface area contributed by atoms with E-state index in [-0.39, 0.29) is 11.9 Å². The third kappa shape index (κ3) is 5.82. The van der Waals surface area contributed by atoms with Crippen molar-refractivity contribution in [2.24, 2.45) is 5.73 Å². The third-order valence-electron chi connectivity index (χ3n) is 3.91. The van der Waals surface area contributed by atoms with Crippen LogP contribution in [-0.4, -0.2) is 56.4 Å². The number of ether oxygens (including phenoxy) is 2. The Balaban J connectivity index is 1.78. The number of hydrogen-bond acceptors (Lipinski definition) is 5. The van der Waals surface area contributed by atoms with Crippen molar-refractivity contribution in [2.75, 3.05) is 32.0 Å². The first-order valence-corrected chi connectivity index (χ1v) is 9.91. The first-order chi connectivity index (χ1) is 11.3. The summed E-state index contributed by atoms with van der Waals surface area (Å²) in [5.41, 5.74) is 6.23. The van der Waals surface area contributed by atoms with Crippen LogP contribution in [0.2, 0.25) is 0 Å². The van der Waals surface area contributed by atoms with Gasteiger partial charge < -0.3 is 15.2 Å². The van der Waals surface area contributed by atoms with Gasteiger partial charge in [-0.3, -0.25) is 0 Å². The van der Waals surface area contributed by atoms with E-state index in [1.807, 2.05) is 44.2 Å². The summed E-state index contributed by atoms with van der Waals surface area (Å²) in [7, 11) is -3.32. The minimum absolute atomic E-state index is 0.0785. The number of nitrogens with two attached hydrogens (primary N) is 1. The topological polar surface area (TPSA) is 81.9 Å². The summed E-state index contributed by atoms with van der Waals surface area (Å²) in [5, 5.41) is 0. The molecule has 1 unspecified atom stereocenters. The number of benzene rings is 1. The molecule has 1 aromatic rings. The Hall–Kier alpha value is -0.990. The molecule has 1 fully saturated rings. The minimum Gasteiger partial charge on any atom is -0.377 e. The van der Waals surface area contributed by atoms with Gasteiger partial charge in [0.2, 0.25) is 10.0 Å². The third-order valence-corrected chi connectivity index (χ3v) is 5.78. The van der Waals surface area contributed by atoms with E-state index in [4.69, 9.17) is 15.2 Å². The molecule has 6 nitrogen and oxygen atoms in total. The van der Waals surface area contributed by atoms with E-state index < -0.39 is 15.6 Å². The van der Waals surface area contributed by atoms with Crippen LogP contribution in [0.3, 0.4) is 0 Å². The number of hydrogen-bond donors (Lipinski definition) is 1. The van der Waals surface area contributed by atoms with Gasteiger partial charge in [0.15, 0.2) is 0 Å².